The van der Waals surface area contributed by atoms with Crippen LogP contribution in [0.2, 0.25) is 0 Å². The third kappa shape index (κ3) is 3.17. The number of halogens is 1. The van der Waals surface area contributed by atoms with Gasteiger partial charge in [0.15, 0.2) is 16.6 Å². The summed E-state index contributed by atoms with van der Waals surface area (Å²) in [5.74, 6) is 0.393. The monoisotopic (exact) mass is 407 g/mol. The minimum atomic E-state index is -0.261. The van der Waals surface area contributed by atoms with Crippen molar-refractivity contribution in [1.29, 1.82) is 0 Å². The van der Waals surface area contributed by atoms with E-state index < -0.39 is 0 Å². The molecule has 29 heavy (non-hydrogen) atoms. The number of benzene rings is 1. The predicted molar refractivity (Wildman–Crippen MR) is 114 cm³/mol. The summed E-state index contributed by atoms with van der Waals surface area (Å²) in [7, 11) is 0. The topological polar surface area (TPSA) is 82.1 Å². The van der Waals surface area contributed by atoms with E-state index in [1.807, 2.05) is 13.0 Å². The van der Waals surface area contributed by atoms with E-state index in [1.165, 1.54) is 12.4 Å². The average Bonchev–Trinajstić information content (AvgIpc) is 3.34. The zero-order valence-electron chi connectivity index (χ0n) is 15.8. The molecule has 9 heteroatoms. The molecule has 5 rings (SSSR count). The van der Waals surface area contributed by atoms with Gasteiger partial charge >= 0.3 is 0 Å². The molecule has 2 aliphatic heterocycles. The molecule has 2 aliphatic rings. The van der Waals surface area contributed by atoms with Gasteiger partial charge < -0.3 is 15.2 Å². The molecule has 0 saturated heterocycles. The molecular weight excluding hydrogens is 389 g/mol. The number of H-pyrrole nitrogens is 1. The fourth-order valence-electron chi connectivity index (χ4n) is 3.53. The number of amidine groups is 1. The molecule has 7 nitrogen and oxygen atoms in total. The molecule has 0 bridgehead atoms. The molecule has 2 aromatic heterocycles. The van der Waals surface area contributed by atoms with Crippen LogP contribution >= 0.6 is 11.8 Å². The number of aromatic amines is 1. The second-order valence-corrected chi connectivity index (χ2v) is 7.76. The molecular formula is C20H18FN7S. The molecule has 1 unspecified atom stereocenters. The number of hydrogen-bond acceptors (Lipinski definition) is 7. The second-order valence-electron chi connectivity index (χ2n) is 6.92. The molecule has 0 saturated carbocycles. The summed E-state index contributed by atoms with van der Waals surface area (Å²) in [4.78, 5) is 22.8. The van der Waals surface area contributed by atoms with Gasteiger partial charge in [-0.1, -0.05) is 23.9 Å². The van der Waals surface area contributed by atoms with E-state index in [0.717, 1.165) is 33.2 Å². The highest BCUT2D eigenvalue weighted by atomic mass is 32.2. The molecule has 0 spiro atoms. The Kier molecular flexibility index (Phi) is 4.31. The van der Waals surface area contributed by atoms with Crippen molar-refractivity contribution in [1.82, 2.24) is 24.8 Å². The molecule has 3 aromatic rings. The number of rotatable bonds is 4. The summed E-state index contributed by atoms with van der Waals surface area (Å²) in [5, 5.41) is 6.44. The van der Waals surface area contributed by atoms with Gasteiger partial charge in [-0.15, -0.1) is 0 Å². The van der Waals surface area contributed by atoms with Crippen LogP contribution in [0.15, 0.2) is 58.7 Å². The number of imidazole rings is 1. The van der Waals surface area contributed by atoms with E-state index >= 15 is 0 Å². The first-order chi connectivity index (χ1) is 14.1. The smallest absolute Gasteiger partial charge is 0.182 e. The van der Waals surface area contributed by atoms with Gasteiger partial charge in [-0.2, -0.15) is 0 Å². The Morgan fingerprint density at radius 2 is 2.17 bits per heavy atom. The number of thioether (sulfide) groups is 1. The predicted octanol–water partition coefficient (Wildman–Crippen LogP) is 3.98. The number of nitrogens with one attached hydrogen (secondary N) is 2. The van der Waals surface area contributed by atoms with Gasteiger partial charge in [-0.3, -0.25) is 0 Å². The van der Waals surface area contributed by atoms with Gasteiger partial charge in [0, 0.05) is 11.3 Å². The van der Waals surface area contributed by atoms with E-state index in [9.17, 15) is 4.39 Å². The third-order valence-corrected chi connectivity index (χ3v) is 5.97. The van der Waals surface area contributed by atoms with E-state index in [1.54, 1.807) is 30.2 Å². The molecule has 1 aromatic carbocycles. The maximum Gasteiger partial charge on any atom is 0.182 e. The highest BCUT2D eigenvalue weighted by Gasteiger charge is 2.30. The number of fused-ring (bicyclic) bond motifs is 2. The van der Waals surface area contributed by atoms with Gasteiger partial charge in [-0.25, -0.2) is 24.3 Å². The zero-order valence-corrected chi connectivity index (χ0v) is 16.7. The summed E-state index contributed by atoms with van der Waals surface area (Å²) >= 11 is 1.60. The lowest BCUT2D eigenvalue weighted by Crippen LogP contribution is -2.32. The van der Waals surface area contributed by atoms with Gasteiger partial charge in [0.1, 0.15) is 17.7 Å². The Balaban J connectivity index is 1.57. The first-order valence-electron chi connectivity index (χ1n) is 9.19. The molecule has 2 N–H and O–H groups in total. The van der Waals surface area contributed by atoms with Crippen LogP contribution in [-0.2, 0) is 0 Å². The molecule has 0 aliphatic carbocycles. The normalized spacial score (nSPS) is 17.3. The maximum absolute atomic E-state index is 13.9. The number of nitrogens with zero attached hydrogens (tertiary/aromatic N) is 5. The lowest BCUT2D eigenvalue weighted by molar-refractivity contribution is 0.581. The van der Waals surface area contributed by atoms with Gasteiger partial charge in [0.25, 0.3) is 0 Å². The summed E-state index contributed by atoms with van der Waals surface area (Å²) in [6.07, 6.45) is 3.07. The second kappa shape index (κ2) is 7.00. The van der Waals surface area contributed by atoms with Crippen molar-refractivity contribution in [3.8, 4) is 0 Å². The van der Waals surface area contributed by atoms with Crippen molar-refractivity contribution in [3.63, 3.8) is 0 Å². The molecule has 0 amide bonds. The first kappa shape index (κ1) is 17.9. The summed E-state index contributed by atoms with van der Waals surface area (Å²) in [6, 6.07) is 6.50. The number of allylic oxidation sites excluding steroid dienone is 1. The summed E-state index contributed by atoms with van der Waals surface area (Å²) in [6.45, 7) is 4.72. The molecule has 0 radical (unpaired) electrons. The van der Waals surface area contributed by atoms with E-state index in [4.69, 9.17) is 4.99 Å². The molecule has 1 atom stereocenters. The van der Waals surface area contributed by atoms with Crippen molar-refractivity contribution in [2.75, 3.05) is 11.9 Å². The number of hydrogen-bond donors (Lipinski definition) is 2. The van der Waals surface area contributed by atoms with Crippen LogP contribution in [-0.4, -0.2) is 42.6 Å². The Morgan fingerprint density at radius 1 is 1.28 bits per heavy atom. The largest absolute Gasteiger partial charge is 0.360 e. The SMILES string of the molecule is CC1=CSC2=NC(C(C)Nc3ncnc4nc[nH]c34)=C(c3cccc(F)c3)CN12. The number of anilines is 1. The highest BCUT2D eigenvalue weighted by molar-refractivity contribution is 8.16. The first-order valence-corrected chi connectivity index (χ1v) is 10.1. The van der Waals surface area contributed by atoms with Gasteiger partial charge in [0.2, 0.25) is 0 Å². The third-order valence-electron chi connectivity index (χ3n) is 4.99. The van der Waals surface area contributed by atoms with Crippen LogP contribution in [0.1, 0.15) is 19.4 Å². The highest BCUT2D eigenvalue weighted by Crippen LogP contribution is 2.36. The van der Waals surface area contributed by atoms with Gasteiger partial charge in [0.05, 0.1) is 24.6 Å². The average molecular weight is 407 g/mol. The van der Waals surface area contributed by atoms with Crippen LogP contribution in [0.5, 0.6) is 0 Å². The minimum absolute atomic E-state index is 0.161. The van der Waals surface area contributed by atoms with Crippen LogP contribution in [0.25, 0.3) is 16.7 Å². The lowest BCUT2D eigenvalue weighted by atomic mass is 9.98. The van der Waals surface area contributed by atoms with Gasteiger partial charge in [-0.05, 0) is 37.0 Å². The molecule has 4 heterocycles. The fraction of sp³-hybridized carbons (Fsp3) is 0.200. The van der Waals surface area contributed by atoms with Crippen LogP contribution in [0, 0.1) is 5.82 Å². The Morgan fingerprint density at radius 3 is 3.03 bits per heavy atom. The lowest BCUT2D eigenvalue weighted by Gasteiger charge is -2.30. The molecule has 0 fully saturated rings. The summed E-state index contributed by atoms with van der Waals surface area (Å²) < 4.78 is 13.9. The quantitative estimate of drug-likeness (QED) is 0.681. The number of aromatic nitrogens is 4. The molecule has 146 valence electrons. The van der Waals surface area contributed by atoms with Crippen molar-refractivity contribution in [2.45, 2.75) is 19.9 Å². The van der Waals surface area contributed by atoms with Crippen molar-refractivity contribution < 1.29 is 4.39 Å². The van der Waals surface area contributed by atoms with Crippen LogP contribution < -0.4 is 5.32 Å². The van der Waals surface area contributed by atoms with E-state index in [0.29, 0.717) is 18.0 Å². The van der Waals surface area contributed by atoms with E-state index in [2.05, 4.69) is 42.5 Å². The van der Waals surface area contributed by atoms with Crippen molar-refractivity contribution in [3.05, 3.63) is 65.1 Å². The fourth-order valence-corrected chi connectivity index (χ4v) is 4.42. The Hall–Kier alpha value is -3.20. The van der Waals surface area contributed by atoms with Crippen LogP contribution in [0.4, 0.5) is 10.2 Å². The number of aliphatic imine (C=N–C) groups is 1. The zero-order chi connectivity index (χ0) is 20.0. The van der Waals surface area contributed by atoms with E-state index in [-0.39, 0.29) is 11.9 Å². The summed E-state index contributed by atoms with van der Waals surface area (Å²) in [5.41, 5.74) is 5.15. The van der Waals surface area contributed by atoms with Crippen molar-refractivity contribution in [2.24, 2.45) is 4.99 Å². The van der Waals surface area contributed by atoms with Crippen LogP contribution in [0.3, 0.4) is 0 Å². The maximum atomic E-state index is 13.9. The Bertz CT molecular complexity index is 1200. The van der Waals surface area contributed by atoms with Crippen molar-refractivity contribution >= 4 is 39.5 Å². The Labute approximate surface area is 170 Å². The standard InChI is InChI=1S/C20H18FN7S/c1-11-8-29-20-27-16(15(7-28(11)20)13-4-3-5-14(21)6-13)12(2)26-19-17-18(23-9-22-17)24-10-25-19/h3-6,8-10,12H,7H2,1-2H3,(H2,22,23,24,25,26). The minimum Gasteiger partial charge on any atom is -0.360 e.